The standard InChI is InChI=1S/C16H23N5O7S2/c1-26-14-9-12-13(10-15(14)27-2)17-11-18-16(12)20-5-4-6-21(8-7-20)30(24,25)19-28-29(3,22)23/h9-11,19H,4-8H2,1-3H3. The minimum Gasteiger partial charge on any atom is -0.493 e. The van der Waals surface area contributed by atoms with Crippen molar-refractivity contribution in [3.63, 3.8) is 0 Å². The van der Waals surface area contributed by atoms with Gasteiger partial charge in [0.25, 0.3) is 10.1 Å². The number of fused-ring (bicyclic) bond motifs is 1. The Morgan fingerprint density at radius 2 is 1.67 bits per heavy atom. The Hall–Kier alpha value is -2.26. The van der Waals surface area contributed by atoms with Crippen molar-refractivity contribution in [2.24, 2.45) is 0 Å². The third-order valence-corrected chi connectivity index (χ3v) is 6.34. The van der Waals surface area contributed by atoms with E-state index < -0.39 is 20.3 Å². The zero-order valence-electron chi connectivity index (χ0n) is 16.7. The van der Waals surface area contributed by atoms with Gasteiger partial charge >= 0.3 is 10.2 Å². The molecule has 30 heavy (non-hydrogen) atoms. The molecule has 0 unspecified atom stereocenters. The van der Waals surface area contributed by atoms with Crippen LogP contribution < -0.4 is 19.3 Å². The number of nitrogens with one attached hydrogen (secondary N) is 1. The predicted octanol–water partition coefficient (Wildman–Crippen LogP) is -0.115. The van der Waals surface area contributed by atoms with Crippen LogP contribution in [-0.4, -0.2) is 77.8 Å². The minimum absolute atomic E-state index is 0.112. The summed E-state index contributed by atoms with van der Waals surface area (Å²) >= 11 is 0. The molecule has 2 heterocycles. The van der Waals surface area contributed by atoms with E-state index in [0.29, 0.717) is 42.3 Å². The topological polar surface area (TPSA) is 140 Å². The molecule has 0 atom stereocenters. The highest BCUT2D eigenvalue weighted by atomic mass is 32.2. The van der Waals surface area contributed by atoms with E-state index in [1.165, 1.54) is 20.5 Å². The highest BCUT2D eigenvalue weighted by molar-refractivity contribution is 7.89. The molecule has 1 aromatic heterocycles. The van der Waals surface area contributed by atoms with Gasteiger partial charge in [0.05, 0.1) is 26.0 Å². The third-order valence-electron chi connectivity index (χ3n) is 4.50. The Kier molecular flexibility index (Phi) is 6.62. The molecule has 0 radical (unpaired) electrons. The number of hydrogen-bond donors (Lipinski definition) is 1. The van der Waals surface area contributed by atoms with Gasteiger partial charge in [-0.15, -0.1) is 0 Å². The SMILES string of the molecule is COc1cc2ncnc(N3CCCN(S(=O)(=O)NOS(C)(=O)=O)CC3)c2cc1OC. The Labute approximate surface area is 175 Å². The van der Waals surface area contributed by atoms with Crippen LogP contribution in [0, 0.1) is 0 Å². The van der Waals surface area contributed by atoms with Gasteiger partial charge in [0.1, 0.15) is 12.1 Å². The van der Waals surface area contributed by atoms with Crippen LogP contribution in [0.15, 0.2) is 18.5 Å². The molecule has 0 saturated carbocycles. The van der Waals surface area contributed by atoms with E-state index in [2.05, 4.69) is 14.3 Å². The molecule has 1 saturated heterocycles. The number of hydrogen-bond acceptors (Lipinski definition) is 10. The summed E-state index contributed by atoms with van der Waals surface area (Å²) in [5.74, 6) is 1.71. The predicted molar refractivity (Wildman–Crippen MR) is 109 cm³/mol. The largest absolute Gasteiger partial charge is 0.493 e. The lowest BCUT2D eigenvalue weighted by Gasteiger charge is -2.23. The second kappa shape index (κ2) is 8.85. The first-order valence-electron chi connectivity index (χ1n) is 8.91. The highest BCUT2D eigenvalue weighted by Crippen LogP contribution is 2.34. The maximum atomic E-state index is 12.3. The van der Waals surface area contributed by atoms with Crippen LogP contribution in [-0.2, 0) is 24.6 Å². The van der Waals surface area contributed by atoms with Gasteiger partial charge < -0.3 is 14.4 Å². The summed E-state index contributed by atoms with van der Waals surface area (Å²) in [7, 11) is -5.01. The summed E-state index contributed by atoms with van der Waals surface area (Å²) in [6, 6.07) is 3.53. The molecule has 166 valence electrons. The van der Waals surface area contributed by atoms with Crippen molar-refractivity contribution in [3.8, 4) is 11.5 Å². The third kappa shape index (κ3) is 5.07. The van der Waals surface area contributed by atoms with E-state index in [1.807, 2.05) is 4.90 Å². The molecule has 0 aliphatic carbocycles. The lowest BCUT2D eigenvalue weighted by atomic mass is 10.2. The van der Waals surface area contributed by atoms with Crippen molar-refractivity contribution in [1.82, 2.24) is 19.2 Å². The van der Waals surface area contributed by atoms with Crippen molar-refractivity contribution in [2.45, 2.75) is 6.42 Å². The summed E-state index contributed by atoms with van der Waals surface area (Å²) < 4.78 is 62.9. The number of aromatic nitrogens is 2. The van der Waals surface area contributed by atoms with E-state index in [1.54, 1.807) is 17.0 Å². The summed E-state index contributed by atoms with van der Waals surface area (Å²) in [6.07, 6.45) is 2.69. The average Bonchev–Trinajstić information content (AvgIpc) is 2.97. The van der Waals surface area contributed by atoms with Gasteiger partial charge in [-0.05, 0) is 12.5 Å². The van der Waals surface area contributed by atoms with Crippen LogP contribution in [0.2, 0.25) is 0 Å². The molecular formula is C16H23N5O7S2. The maximum absolute atomic E-state index is 12.3. The van der Waals surface area contributed by atoms with Crippen LogP contribution >= 0.6 is 0 Å². The smallest absolute Gasteiger partial charge is 0.302 e. The van der Waals surface area contributed by atoms with E-state index in [0.717, 1.165) is 15.9 Å². The summed E-state index contributed by atoms with van der Waals surface area (Å²) in [6.45, 7) is 1.18. The number of rotatable bonds is 7. The van der Waals surface area contributed by atoms with Crippen molar-refractivity contribution < 1.29 is 30.6 Å². The zero-order chi connectivity index (χ0) is 21.9. The van der Waals surface area contributed by atoms with Crippen LogP contribution in [0.25, 0.3) is 10.9 Å². The monoisotopic (exact) mass is 461 g/mol. The van der Waals surface area contributed by atoms with Crippen molar-refractivity contribution in [1.29, 1.82) is 0 Å². The Balaban J connectivity index is 1.84. The first kappa shape index (κ1) is 22.4. The van der Waals surface area contributed by atoms with Gasteiger partial charge in [-0.3, -0.25) is 0 Å². The quantitative estimate of drug-likeness (QED) is 0.555. The maximum Gasteiger partial charge on any atom is 0.302 e. The minimum atomic E-state index is -4.12. The second-order valence-corrected chi connectivity index (χ2v) is 9.75. The van der Waals surface area contributed by atoms with E-state index in [9.17, 15) is 16.8 Å². The molecule has 1 N–H and O–H groups in total. The van der Waals surface area contributed by atoms with E-state index >= 15 is 0 Å². The lowest BCUT2D eigenvalue weighted by molar-refractivity contribution is 0.260. The molecular weight excluding hydrogens is 438 g/mol. The molecule has 0 spiro atoms. The second-order valence-electron chi connectivity index (χ2n) is 6.54. The van der Waals surface area contributed by atoms with Gasteiger partial charge in [-0.2, -0.15) is 25.4 Å². The molecule has 0 bridgehead atoms. The summed E-state index contributed by atoms with van der Waals surface area (Å²) in [5.41, 5.74) is 0.662. The molecule has 3 rings (SSSR count). The van der Waals surface area contributed by atoms with Gasteiger partial charge in [-0.1, -0.05) is 4.89 Å². The first-order valence-corrected chi connectivity index (χ1v) is 12.2. The van der Waals surface area contributed by atoms with Crippen LogP contribution in [0.3, 0.4) is 0 Å². The molecule has 1 aliphatic heterocycles. The fourth-order valence-corrected chi connectivity index (χ4v) is 4.76. The fourth-order valence-electron chi connectivity index (χ4n) is 3.12. The van der Waals surface area contributed by atoms with Gasteiger partial charge in [0, 0.05) is 37.6 Å². The average molecular weight is 462 g/mol. The first-order chi connectivity index (χ1) is 14.1. The van der Waals surface area contributed by atoms with E-state index in [-0.39, 0.29) is 13.1 Å². The van der Waals surface area contributed by atoms with Crippen LogP contribution in [0.1, 0.15) is 6.42 Å². The lowest BCUT2D eigenvalue weighted by Crippen LogP contribution is -2.43. The van der Waals surface area contributed by atoms with Crippen molar-refractivity contribution in [2.75, 3.05) is 51.6 Å². The summed E-state index contributed by atoms with van der Waals surface area (Å²) in [5, 5.41) is 0.741. The normalized spacial score (nSPS) is 16.4. The van der Waals surface area contributed by atoms with E-state index in [4.69, 9.17) is 9.47 Å². The molecule has 2 aromatic rings. The molecule has 0 amide bonds. The summed E-state index contributed by atoms with van der Waals surface area (Å²) in [4.78, 5) is 12.3. The fraction of sp³-hybridized carbons (Fsp3) is 0.500. The highest BCUT2D eigenvalue weighted by Gasteiger charge is 2.27. The van der Waals surface area contributed by atoms with Gasteiger partial charge in [-0.25, -0.2) is 9.97 Å². The van der Waals surface area contributed by atoms with Crippen molar-refractivity contribution >= 4 is 37.0 Å². The van der Waals surface area contributed by atoms with Crippen LogP contribution in [0.5, 0.6) is 11.5 Å². The molecule has 1 fully saturated rings. The zero-order valence-corrected chi connectivity index (χ0v) is 18.4. The Morgan fingerprint density at radius 3 is 2.33 bits per heavy atom. The molecule has 1 aliphatic rings. The molecule has 1 aromatic carbocycles. The number of anilines is 1. The number of methoxy groups -OCH3 is 2. The Bertz CT molecular complexity index is 1120. The number of ether oxygens (including phenoxy) is 2. The van der Waals surface area contributed by atoms with Gasteiger partial charge in [0.2, 0.25) is 0 Å². The van der Waals surface area contributed by atoms with Crippen LogP contribution in [0.4, 0.5) is 5.82 Å². The number of nitrogens with zero attached hydrogens (tertiary/aromatic N) is 4. The molecule has 14 heteroatoms. The van der Waals surface area contributed by atoms with Crippen molar-refractivity contribution in [3.05, 3.63) is 18.5 Å². The van der Waals surface area contributed by atoms with Gasteiger partial charge in [0.15, 0.2) is 11.5 Å². The number of benzene rings is 1. The molecule has 12 nitrogen and oxygen atoms in total. The Morgan fingerprint density at radius 1 is 0.967 bits per heavy atom.